The minimum absolute atomic E-state index is 0.597. The minimum Gasteiger partial charge on any atom is -0.382 e. The molecule has 70 valence electrons. The maximum Gasteiger partial charge on any atom is 0.148 e. The van der Waals surface area contributed by atoms with Crippen molar-refractivity contribution in [1.82, 2.24) is 9.78 Å². The lowest BCUT2D eigenvalue weighted by molar-refractivity contribution is 0.563. The summed E-state index contributed by atoms with van der Waals surface area (Å²) in [5.41, 5.74) is 6.60. The van der Waals surface area contributed by atoms with E-state index in [1.807, 2.05) is 17.8 Å². The number of anilines is 1. The maximum absolute atomic E-state index is 8.32. The summed E-state index contributed by atoms with van der Waals surface area (Å²) < 4.78 is 1.84. The van der Waals surface area contributed by atoms with Crippen LogP contribution in [0.25, 0.3) is 0 Å². The number of nitrogen functional groups attached to an aromatic ring is 1. The molecule has 1 aromatic rings. The summed E-state index contributed by atoms with van der Waals surface area (Å²) in [7, 11) is 0. The van der Waals surface area contributed by atoms with Crippen molar-refractivity contribution in [3.8, 4) is 6.07 Å². The molecule has 0 bridgehead atoms. The number of nitrogens with zero attached hydrogens (tertiary/aromatic N) is 3. The van der Waals surface area contributed by atoms with Crippen molar-refractivity contribution in [2.45, 2.75) is 32.7 Å². The van der Waals surface area contributed by atoms with Gasteiger partial charge in [-0.25, -0.2) is 0 Å². The quantitative estimate of drug-likeness (QED) is 0.710. The Morgan fingerprint density at radius 2 is 2.38 bits per heavy atom. The number of unbranched alkanes of at least 4 members (excludes halogenated alkanes) is 2. The Balaban J connectivity index is 2.34. The van der Waals surface area contributed by atoms with Crippen LogP contribution in [-0.4, -0.2) is 9.78 Å². The molecule has 0 atom stereocenters. The van der Waals surface area contributed by atoms with Crippen molar-refractivity contribution in [3.63, 3.8) is 0 Å². The third-order valence-corrected chi connectivity index (χ3v) is 1.91. The van der Waals surface area contributed by atoms with E-state index in [-0.39, 0.29) is 0 Å². The van der Waals surface area contributed by atoms with E-state index in [0.717, 1.165) is 24.9 Å². The van der Waals surface area contributed by atoms with Gasteiger partial charge in [0.2, 0.25) is 0 Å². The molecule has 0 aliphatic rings. The average Bonchev–Trinajstić information content (AvgIpc) is 2.41. The Kier molecular flexibility index (Phi) is 3.32. The molecule has 1 rings (SSSR count). The highest BCUT2D eigenvalue weighted by atomic mass is 15.3. The number of nitrogens with two attached hydrogens (primary N) is 1. The normalized spacial score (nSPS) is 9.85. The number of aryl methyl sites for hydroxylation is 2. The highest BCUT2D eigenvalue weighted by Gasteiger charge is 1.99. The molecule has 1 heterocycles. The van der Waals surface area contributed by atoms with Crippen LogP contribution < -0.4 is 5.73 Å². The summed E-state index contributed by atoms with van der Waals surface area (Å²) in [5, 5.41) is 12.4. The topological polar surface area (TPSA) is 67.6 Å². The van der Waals surface area contributed by atoms with Gasteiger partial charge in [-0.15, -0.1) is 0 Å². The van der Waals surface area contributed by atoms with Gasteiger partial charge in [-0.3, -0.25) is 4.68 Å². The van der Waals surface area contributed by atoms with Gasteiger partial charge in [-0.2, -0.15) is 10.4 Å². The average molecular weight is 178 g/mol. The summed E-state index contributed by atoms with van der Waals surface area (Å²) in [6, 6.07) is 2.12. The molecular formula is C9H14N4. The van der Waals surface area contributed by atoms with Crippen LogP contribution in [-0.2, 0) is 6.54 Å². The van der Waals surface area contributed by atoms with E-state index in [4.69, 9.17) is 11.0 Å². The Morgan fingerprint density at radius 1 is 1.62 bits per heavy atom. The van der Waals surface area contributed by atoms with Crippen molar-refractivity contribution in [1.29, 1.82) is 5.26 Å². The fourth-order valence-electron chi connectivity index (χ4n) is 1.13. The van der Waals surface area contributed by atoms with E-state index < -0.39 is 0 Å². The van der Waals surface area contributed by atoms with Crippen LogP contribution in [0, 0.1) is 18.3 Å². The molecule has 1 aromatic heterocycles. The smallest absolute Gasteiger partial charge is 0.148 e. The van der Waals surface area contributed by atoms with Crippen LogP contribution in [0.1, 0.15) is 24.8 Å². The fraction of sp³-hybridized carbons (Fsp3) is 0.556. The number of aromatic nitrogens is 2. The second-order valence-electron chi connectivity index (χ2n) is 3.08. The maximum atomic E-state index is 8.32. The van der Waals surface area contributed by atoms with E-state index in [9.17, 15) is 0 Å². The molecule has 4 nitrogen and oxygen atoms in total. The predicted molar refractivity (Wildman–Crippen MR) is 50.8 cm³/mol. The summed E-state index contributed by atoms with van der Waals surface area (Å²) >= 11 is 0. The van der Waals surface area contributed by atoms with Crippen LogP contribution in [0.3, 0.4) is 0 Å². The molecule has 0 saturated heterocycles. The van der Waals surface area contributed by atoms with Crippen molar-refractivity contribution in [3.05, 3.63) is 11.8 Å². The fourth-order valence-corrected chi connectivity index (χ4v) is 1.13. The van der Waals surface area contributed by atoms with Crippen LogP contribution in [0.2, 0.25) is 0 Å². The lowest BCUT2D eigenvalue weighted by Crippen LogP contribution is -1.99. The molecule has 0 radical (unpaired) electrons. The van der Waals surface area contributed by atoms with Gasteiger partial charge in [0.25, 0.3) is 0 Å². The standard InChI is InChI=1S/C9H14N4/c1-8-7-13(12-9(8)11)6-4-2-3-5-10/h7H,2-4,6H2,1H3,(H2,11,12). The minimum atomic E-state index is 0.597. The largest absolute Gasteiger partial charge is 0.382 e. The van der Waals surface area contributed by atoms with Gasteiger partial charge in [0.15, 0.2) is 0 Å². The highest BCUT2D eigenvalue weighted by molar-refractivity contribution is 5.35. The molecule has 0 aromatic carbocycles. The molecular weight excluding hydrogens is 164 g/mol. The zero-order chi connectivity index (χ0) is 9.68. The van der Waals surface area contributed by atoms with Gasteiger partial charge in [0.05, 0.1) is 6.07 Å². The molecule has 0 amide bonds. The van der Waals surface area contributed by atoms with Crippen molar-refractivity contribution >= 4 is 5.82 Å². The van der Waals surface area contributed by atoms with E-state index in [0.29, 0.717) is 12.2 Å². The lowest BCUT2D eigenvalue weighted by Gasteiger charge is -1.97. The predicted octanol–water partition coefficient (Wildman–Crippen LogP) is 1.47. The van der Waals surface area contributed by atoms with Crippen molar-refractivity contribution < 1.29 is 0 Å². The summed E-state index contributed by atoms with van der Waals surface area (Å²) in [4.78, 5) is 0. The highest BCUT2D eigenvalue weighted by Crippen LogP contribution is 2.07. The molecule has 0 spiro atoms. The molecule has 0 aliphatic heterocycles. The number of hydrogen-bond acceptors (Lipinski definition) is 3. The van der Waals surface area contributed by atoms with Gasteiger partial charge in [0.1, 0.15) is 5.82 Å². The van der Waals surface area contributed by atoms with E-state index in [2.05, 4.69) is 11.2 Å². The van der Waals surface area contributed by atoms with Gasteiger partial charge in [-0.05, 0) is 19.8 Å². The SMILES string of the molecule is Cc1cn(CCCCC#N)nc1N. The van der Waals surface area contributed by atoms with Crippen molar-refractivity contribution in [2.75, 3.05) is 5.73 Å². The summed E-state index contributed by atoms with van der Waals surface area (Å²) in [6.45, 7) is 2.79. The second kappa shape index (κ2) is 4.51. The van der Waals surface area contributed by atoms with Gasteiger partial charge < -0.3 is 5.73 Å². The summed E-state index contributed by atoms with van der Waals surface area (Å²) in [5.74, 6) is 0.597. The molecule has 0 fully saturated rings. The van der Waals surface area contributed by atoms with Crippen LogP contribution >= 0.6 is 0 Å². The molecule has 4 heteroatoms. The molecule has 0 aliphatic carbocycles. The van der Waals surface area contributed by atoms with Crippen LogP contribution in [0.5, 0.6) is 0 Å². The molecule has 13 heavy (non-hydrogen) atoms. The molecule has 2 N–H and O–H groups in total. The first-order valence-electron chi connectivity index (χ1n) is 4.40. The van der Waals surface area contributed by atoms with Gasteiger partial charge >= 0.3 is 0 Å². The molecule has 0 unspecified atom stereocenters. The zero-order valence-electron chi connectivity index (χ0n) is 7.82. The van der Waals surface area contributed by atoms with Crippen LogP contribution in [0.15, 0.2) is 6.20 Å². The third kappa shape index (κ3) is 2.79. The number of hydrogen-bond donors (Lipinski definition) is 1. The first-order valence-corrected chi connectivity index (χ1v) is 4.40. The first-order chi connectivity index (χ1) is 6.24. The lowest BCUT2D eigenvalue weighted by atomic mass is 10.2. The number of nitriles is 1. The van der Waals surface area contributed by atoms with Gasteiger partial charge in [0, 0.05) is 24.7 Å². The Morgan fingerprint density at radius 3 is 2.92 bits per heavy atom. The van der Waals surface area contributed by atoms with E-state index in [1.165, 1.54) is 0 Å². The van der Waals surface area contributed by atoms with Gasteiger partial charge in [-0.1, -0.05) is 0 Å². The Labute approximate surface area is 78.0 Å². The Bertz CT molecular complexity index is 288. The second-order valence-corrected chi connectivity index (χ2v) is 3.08. The number of rotatable bonds is 4. The van der Waals surface area contributed by atoms with E-state index in [1.54, 1.807) is 0 Å². The van der Waals surface area contributed by atoms with E-state index >= 15 is 0 Å². The van der Waals surface area contributed by atoms with Crippen molar-refractivity contribution in [2.24, 2.45) is 0 Å². The zero-order valence-corrected chi connectivity index (χ0v) is 7.82. The Hall–Kier alpha value is -1.50. The first kappa shape index (κ1) is 9.59. The van der Waals surface area contributed by atoms with Crippen LogP contribution in [0.4, 0.5) is 5.82 Å². The monoisotopic (exact) mass is 178 g/mol. The summed E-state index contributed by atoms with van der Waals surface area (Å²) in [6.07, 6.45) is 4.46. The molecule has 0 saturated carbocycles. The third-order valence-electron chi connectivity index (χ3n) is 1.91.